The second kappa shape index (κ2) is 9.49. The third kappa shape index (κ3) is 5.09. The third-order valence-electron chi connectivity index (χ3n) is 4.94. The van der Waals surface area contributed by atoms with Crippen molar-refractivity contribution in [3.63, 3.8) is 0 Å². The maximum Gasteiger partial charge on any atom is 0.227 e. The first-order valence-electron chi connectivity index (χ1n) is 9.58. The average molecular weight is 409 g/mol. The van der Waals surface area contributed by atoms with E-state index < -0.39 is 9.84 Å². The van der Waals surface area contributed by atoms with E-state index in [-0.39, 0.29) is 17.0 Å². The van der Waals surface area contributed by atoms with Gasteiger partial charge in [-0.15, -0.1) is 0 Å². The summed E-state index contributed by atoms with van der Waals surface area (Å²) in [5.74, 6) is 0.834. The molecule has 0 unspecified atom stereocenters. The van der Waals surface area contributed by atoms with Crippen molar-refractivity contribution in [3.8, 4) is 5.75 Å². The van der Waals surface area contributed by atoms with Crippen LogP contribution in [0.2, 0.25) is 0 Å². The van der Waals surface area contributed by atoms with Crippen LogP contribution in [0.25, 0.3) is 0 Å². The van der Waals surface area contributed by atoms with Gasteiger partial charge in [0.05, 0.1) is 30.4 Å². The first kappa shape index (κ1) is 20.8. The number of piperidine rings is 1. The van der Waals surface area contributed by atoms with E-state index in [2.05, 4.69) is 14.9 Å². The summed E-state index contributed by atoms with van der Waals surface area (Å²) in [6.45, 7) is 4.98. The first-order chi connectivity index (χ1) is 13.5. The van der Waals surface area contributed by atoms with E-state index in [4.69, 9.17) is 9.47 Å². The molecule has 28 heavy (non-hydrogen) atoms. The van der Waals surface area contributed by atoms with Gasteiger partial charge in [-0.25, -0.2) is 13.4 Å². The number of aromatic nitrogens is 3. The first-order valence-corrected chi connectivity index (χ1v) is 11.2. The predicted molar refractivity (Wildman–Crippen MR) is 105 cm³/mol. The Morgan fingerprint density at radius 2 is 2.04 bits per heavy atom. The van der Waals surface area contributed by atoms with Crippen molar-refractivity contribution in [1.82, 2.24) is 19.4 Å². The van der Waals surface area contributed by atoms with Crippen LogP contribution in [0.15, 0.2) is 35.9 Å². The van der Waals surface area contributed by atoms with Crippen LogP contribution in [-0.4, -0.2) is 66.5 Å². The maximum atomic E-state index is 12.3. The Morgan fingerprint density at radius 1 is 1.25 bits per heavy atom. The number of rotatable bonds is 9. The summed E-state index contributed by atoms with van der Waals surface area (Å²) in [5, 5.41) is 0.136. The van der Waals surface area contributed by atoms with E-state index in [9.17, 15) is 8.42 Å². The summed E-state index contributed by atoms with van der Waals surface area (Å²) in [6.07, 6.45) is 7.15. The Morgan fingerprint density at radius 3 is 2.68 bits per heavy atom. The van der Waals surface area contributed by atoms with Gasteiger partial charge in [0.15, 0.2) is 0 Å². The lowest BCUT2D eigenvalue weighted by molar-refractivity contribution is 0.0946. The van der Waals surface area contributed by atoms with Crippen LogP contribution in [0.5, 0.6) is 5.75 Å². The fourth-order valence-corrected chi connectivity index (χ4v) is 4.36. The summed E-state index contributed by atoms with van der Waals surface area (Å²) >= 11 is 0. The quantitative estimate of drug-likeness (QED) is 0.625. The fourth-order valence-electron chi connectivity index (χ4n) is 3.34. The lowest BCUT2D eigenvalue weighted by atomic mass is 10.1. The number of ether oxygens (including phenoxy) is 2. The third-order valence-corrected chi connectivity index (χ3v) is 6.58. The summed E-state index contributed by atoms with van der Waals surface area (Å²) in [4.78, 5) is 10.6. The van der Waals surface area contributed by atoms with E-state index in [1.54, 1.807) is 37.2 Å². The zero-order valence-electron chi connectivity index (χ0n) is 16.5. The average Bonchev–Trinajstić information content (AvgIpc) is 3.12. The molecule has 2 aromatic heterocycles. The Kier molecular flexibility index (Phi) is 7.03. The number of methoxy groups -OCH3 is 1. The molecule has 1 aliphatic heterocycles. The molecule has 0 atom stereocenters. The SMILES string of the molecule is CCS(=O)(=O)c1ncc(CN2CCC(Oc3cccnc3)CC2)n1CCOC. The number of pyridine rings is 1. The molecule has 0 bridgehead atoms. The molecule has 0 spiro atoms. The Balaban J connectivity index is 1.63. The minimum Gasteiger partial charge on any atom is -0.489 e. The zero-order chi connectivity index (χ0) is 20.0. The molecule has 3 rings (SSSR count). The molecule has 2 aromatic rings. The summed E-state index contributed by atoms with van der Waals surface area (Å²) in [5.41, 5.74) is 0.899. The van der Waals surface area contributed by atoms with Crippen LogP contribution in [0, 0.1) is 0 Å². The van der Waals surface area contributed by atoms with Crippen molar-refractivity contribution in [2.75, 3.05) is 32.6 Å². The van der Waals surface area contributed by atoms with Gasteiger partial charge < -0.3 is 14.0 Å². The topological polar surface area (TPSA) is 86.5 Å². The molecule has 1 fully saturated rings. The van der Waals surface area contributed by atoms with Crippen LogP contribution in [-0.2, 0) is 27.7 Å². The van der Waals surface area contributed by atoms with Crippen LogP contribution >= 0.6 is 0 Å². The Labute approximate surface area is 166 Å². The van der Waals surface area contributed by atoms with Crippen molar-refractivity contribution < 1.29 is 17.9 Å². The van der Waals surface area contributed by atoms with Crippen molar-refractivity contribution in [1.29, 1.82) is 0 Å². The van der Waals surface area contributed by atoms with Crippen LogP contribution < -0.4 is 4.74 Å². The Hall–Kier alpha value is -1.97. The van der Waals surface area contributed by atoms with Crippen LogP contribution in [0.4, 0.5) is 0 Å². The molecule has 1 saturated heterocycles. The van der Waals surface area contributed by atoms with Gasteiger partial charge in [-0.05, 0) is 25.0 Å². The van der Waals surface area contributed by atoms with Crippen molar-refractivity contribution in [2.24, 2.45) is 0 Å². The molecule has 0 aliphatic carbocycles. The lowest BCUT2D eigenvalue weighted by Gasteiger charge is -2.32. The number of sulfone groups is 1. The van der Waals surface area contributed by atoms with Gasteiger partial charge in [0.1, 0.15) is 11.9 Å². The van der Waals surface area contributed by atoms with E-state index in [1.165, 1.54) is 0 Å². The number of hydrogen-bond donors (Lipinski definition) is 0. The fraction of sp³-hybridized carbons (Fsp3) is 0.579. The summed E-state index contributed by atoms with van der Waals surface area (Å²) in [7, 11) is -1.76. The predicted octanol–water partition coefficient (Wildman–Crippen LogP) is 1.76. The highest BCUT2D eigenvalue weighted by molar-refractivity contribution is 7.91. The molecular weight excluding hydrogens is 380 g/mol. The minimum atomic E-state index is -3.37. The van der Waals surface area contributed by atoms with Gasteiger partial charge in [0.2, 0.25) is 15.0 Å². The van der Waals surface area contributed by atoms with E-state index in [1.807, 2.05) is 12.1 Å². The van der Waals surface area contributed by atoms with Crippen molar-refractivity contribution >= 4 is 9.84 Å². The zero-order valence-corrected chi connectivity index (χ0v) is 17.3. The van der Waals surface area contributed by atoms with E-state index >= 15 is 0 Å². The smallest absolute Gasteiger partial charge is 0.227 e. The molecule has 3 heterocycles. The molecule has 154 valence electrons. The second-order valence-electron chi connectivity index (χ2n) is 6.86. The Bertz CT molecular complexity index is 846. The maximum absolute atomic E-state index is 12.3. The summed E-state index contributed by atoms with van der Waals surface area (Å²) in [6, 6.07) is 3.79. The van der Waals surface area contributed by atoms with Gasteiger partial charge in [-0.3, -0.25) is 9.88 Å². The molecule has 0 aromatic carbocycles. The molecule has 0 amide bonds. The van der Waals surface area contributed by atoms with Gasteiger partial charge in [0.25, 0.3) is 0 Å². The van der Waals surface area contributed by atoms with E-state index in [0.29, 0.717) is 19.7 Å². The standard InChI is InChI=1S/C19H28N4O4S/c1-3-28(24,25)19-21-13-16(23(19)11-12-26-2)15-22-9-6-17(7-10-22)27-18-5-4-8-20-14-18/h4-5,8,13-14,17H,3,6-7,9-12,15H2,1-2H3. The molecule has 0 saturated carbocycles. The highest BCUT2D eigenvalue weighted by Gasteiger charge is 2.25. The van der Waals surface area contributed by atoms with Crippen LogP contribution in [0.3, 0.4) is 0 Å². The number of nitrogens with zero attached hydrogens (tertiary/aromatic N) is 4. The highest BCUT2D eigenvalue weighted by atomic mass is 32.2. The monoisotopic (exact) mass is 408 g/mol. The molecule has 0 radical (unpaired) electrons. The lowest BCUT2D eigenvalue weighted by Crippen LogP contribution is -2.38. The number of hydrogen-bond acceptors (Lipinski definition) is 7. The van der Waals surface area contributed by atoms with Gasteiger partial charge in [0, 0.05) is 39.5 Å². The minimum absolute atomic E-state index is 0.0352. The van der Waals surface area contributed by atoms with Gasteiger partial charge in [-0.2, -0.15) is 0 Å². The van der Waals surface area contributed by atoms with Gasteiger partial charge >= 0.3 is 0 Å². The highest BCUT2D eigenvalue weighted by Crippen LogP contribution is 2.21. The molecule has 9 heteroatoms. The summed E-state index contributed by atoms with van der Waals surface area (Å²) < 4.78 is 37.6. The number of likely N-dealkylation sites (tertiary alicyclic amines) is 1. The van der Waals surface area contributed by atoms with Crippen LogP contribution in [0.1, 0.15) is 25.5 Å². The van der Waals surface area contributed by atoms with Crippen molar-refractivity contribution in [3.05, 3.63) is 36.4 Å². The van der Waals surface area contributed by atoms with E-state index in [0.717, 1.165) is 37.4 Å². The van der Waals surface area contributed by atoms with Crippen molar-refractivity contribution in [2.45, 2.75) is 44.1 Å². The molecule has 8 nitrogen and oxygen atoms in total. The molecule has 0 N–H and O–H groups in total. The second-order valence-corrected chi connectivity index (χ2v) is 9.03. The molecule has 1 aliphatic rings. The van der Waals surface area contributed by atoms with Gasteiger partial charge in [-0.1, -0.05) is 6.92 Å². The largest absolute Gasteiger partial charge is 0.489 e. The normalized spacial score (nSPS) is 16.4. The molecular formula is C19H28N4O4S. The number of imidazole rings is 1.